The summed E-state index contributed by atoms with van der Waals surface area (Å²) in [6.45, 7) is 8.48. The molecule has 0 heterocycles. The van der Waals surface area contributed by atoms with Gasteiger partial charge in [0.15, 0.2) is 0 Å². The maximum absolute atomic E-state index is 11.3. The van der Waals surface area contributed by atoms with Gasteiger partial charge in [0.2, 0.25) is 6.29 Å². The zero-order chi connectivity index (χ0) is 11.5. The molecule has 0 aliphatic heterocycles. The smallest absolute Gasteiger partial charge is 0.308 e. The minimum Gasteiger partial charge on any atom is -0.433 e. The van der Waals surface area contributed by atoms with Crippen molar-refractivity contribution in [1.82, 2.24) is 0 Å². The molecule has 4 heteroatoms. The second kappa shape index (κ2) is 9.93. The van der Waals surface area contributed by atoms with Crippen LogP contribution in [0.2, 0.25) is 0 Å². The van der Waals surface area contributed by atoms with Crippen LogP contribution in [-0.4, -0.2) is 32.1 Å². The summed E-state index contributed by atoms with van der Waals surface area (Å²) in [4.78, 5) is 11.3. The van der Waals surface area contributed by atoms with Crippen LogP contribution < -0.4 is 0 Å². The number of unbranched alkanes of at least 4 members (excludes halogenated alkanes) is 1. The van der Waals surface area contributed by atoms with Gasteiger partial charge in [-0.2, -0.15) is 0 Å². The van der Waals surface area contributed by atoms with E-state index in [0.29, 0.717) is 19.6 Å². The Hall–Kier alpha value is -0.610. The van der Waals surface area contributed by atoms with Crippen LogP contribution >= 0.6 is 0 Å². The van der Waals surface area contributed by atoms with Gasteiger partial charge in [0, 0.05) is 19.6 Å². The van der Waals surface area contributed by atoms with E-state index in [1.165, 1.54) is 0 Å². The largest absolute Gasteiger partial charge is 0.433 e. The van der Waals surface area contributed by atoms with E-state index in [9.17, 15) is 4.79 Å². The van der Waals surface area contributed by atoms with Crippen molar-refractivity contribution in [1.29, 1.82) is 0 Å². The first-order chi connectivity index (χ1) is 7.24. The molecule has 0 aromatic heterocycles. The summed E-state index contributed by atoms with van der Waals surface area (Å²) in [6.07, 6.45) is 1.66. The molecule has 0 aromatic rings. The SMILES string of the molecule is [CH2]COCC(OCC)OC(=O)CCCC. The molecule has 89 valence electrons. The van der Waals surface area contributed by atoms with Crippen LogP contribution in [0.1, 0.15) is 33.1 Å². The Morgan fingerprint density at radius 2 is 2.13 bits per heavy atom. The fourth-order valence-corrected chi connectivity index (χ4v) is 1.01. The van der Waals surface area contributed by atoms with Crippen LogP contribution in [0, 0.1) is 6.92 Å². The number of ether oxygens (including phenoxy) is 3. The minimum atomic E-state index is -0.596. The van der Waals surface area contributed by atoms with Gasteiger partial charge in [0.05, 0.1) is 0 Å². The van der Waals surface area contributed by atoms with E-state index in [0.717, 1.165) is 12.8 Å². The van der Waals surface area contributed by atoms with Crippen LogP contribution in [0.5, 0.6) is 0 Å². The number of carbonyl (C=O) groups is 1. The number of hydrogen-bond acceptors (Lipinski definition) is 4. The molecule has 1 unspecified atom stereocenters. The fraction of sp³-hybridized carbons (Fsp3) is 0.818. The lowest BCUT2D eigenvalue weighted by Crippen LogP contribution is -2.26. The van der Waals surface area contributed by atoms with E-state index >= 15 is 0 Å². The summed E-state index contributed by atoms with van der Waals surface area (Å²) >= 11 is 0. The molecule has 0 aliphatic carbocycles. The molecule has 0 aliphatic rings. The molecule has 0 aromatic carbocycles. The van der Waals surface area contributed by atoms with Crippen molar-refractivity contribution in [3.63, 3.8) is 0 Å². The average Bonchev–Trinajstić information content (AvgIpc) is 2.23. The van der Waals surface area contributed by atoms with E-state index in [1.54, 1.807) is 0 Å². The Labute approximate surface area is 91.9 Å². The Morgan fingerprint density at radius 1 is 1.40 bits per heavy atom. The van der Waals surface area contributed by atoms with Gasteiger partial charge in [-0.3, -0.25) is 4.79 Å². The zero-order valence-corrected chi connectivity index (χ0v) is 9.66. The van der Waals surface area contributed by atoms with E-state index in [-0.39, 0.29) is 12.6 Å². The van der Waals surface area contributed by atoms with Crippen LogP contribution in [0.3, 0.4) is 0 Å². The Balaban J connectivity index is 3.76. The lowest BCUT2D eigenvalue weighted by molar-refractivity contribution is -0.189. The van der Waals surface area contributed by atoms with Gasteiger partial charge in [-0.15, -0.1) is 0 Å². The second-order valence-corrected chi connectivity index (χ2v) is 3.05. The van der Waals surface area contributed by atoms with Gasteiger partial charge in [-0.25, -0.2) is 0 Å². The second-order valence-electron chi connectivity index (χ2n) is 3.05. The van der Waals surface area contributed by atoms with Gasteiger partial charge in [0.25, 0.3) is 0 Å². The van der Waals surface area contributed by atoms with Crippen molar-refractivity contribution in [2.75, 3.05) is 19.8 Å². The van der Waals surface area contributed by atoms with E-state index in [2.05, 4.69) is 6.92 Å². The molecule has 0 spiro atoms. The Kier molecular flexibility index (Phi) is 9.52. The zero-order valence-electron chi connectivity index (χ0n) is 9.66. The highest BCUT2D eigenvalue weighted by atomic mass is 16.7. The van der Waals surface area contributed by atoms with Crippen LogP contribution in [0.15, 0.2) is 0 Å². The normalized spacial score (nSPS) is 12.5. The molecule has 0 rings (SSSR count). The molecule has 0 bridgehead atoms. The monoisotopic (exact) mass is 217 g/mol. The first kappa shape index (κ1) is 14.4. The highest BCUT2D eigenvalue weighted by molar-refractivity contribution is 5.69. The molecule has 4 nitrogen and oxygen atoms in total. The molecular weight excluding hydrogens is 196 g/mol. The maximum atomic E-state index is 11.3. The van der Waals surface area contributed by atoms with Crippen molar-refractivity contribution in [3.8, 4) is 0 Å². The molecule has 0 fully saturated rings. The minimum absolute atomic E-state index is 0.233. The molecule has 0 N–H and O–H groups in total. The van der Waals surface area contributed by atoms with E-state index in [1.807, 2.05) is 13.8 Å². The molecule has 1 atom stereocenters. The number of esters is 1. The van der Waals surface area contributed by atoms with Crippen molar-refractivity contribution in [2.24, 2.45) is 0 Å². The quantitative estimate of drug-likeness (QED) is 0.437. The predicted octanol–water partition coefficient (Wildman–Crippen LogP) is 1.93. The van der Waals surface area contributed by atoms with Gasteiger partial charge < -0.3 is 14.2 Å². The summed E-state index contributed by atoms with van der Waals surface area (Å²) in [7, 11) is 0. The number of carbonyl (C=O) groups excluding carboxylic acids is 1. The average molecular weight is 217 g/mol. The van der Waals surface area contributed by atoms with Crippen LogP contribution in [0.4, 0.5) is 0 Å². The summed E-state index contributed by atoms with van der Waals surface area (Å²) in [6, 6.07) is 0. The summed E-state index contributed by atoms with van der Waals surface area (Å²) in [5.74, 6) is -0.233. The first-order valence-electron chi connectivity index (χ1n) is 5.42. The van der Waals surface area contributed by atoms with Gasteiger partial charge in [-0.1, -0.05) is 13.3 Å². The van der Waals surface area contributed by atoms with Gasteiger partial charge >= 0.3 is 5.97 Å². The van der Waals surface area contributed by atoms with Gasteiger partial charge in [0.1, 0.15) is 6.61 Å². The third-order valence-corrected chi connectivity index (χ3v) is 1.75. The van der Waals surface area contributed by atoms with Crippen LogP contribution in [-0.2, 0) is 19.0 Å². The Bertz CT molecular complexity index is 159. The fourth-order valence-electron chi connectivity index (χ4n) is 1.01. The van der Waals surface area contributed by atoms with Crippen molar-refractivity contribution < 1.29 is 19.0 Å². The van der Waals surface area contributed by atoms with Gasteiger partial charge in [-0.05, 0) is 20.3 Å². The first-order valence-corrected chi connectivity index (χ1v) is 5.42. The van der Waals surface area contributed by atoms with E-state index < -0.39 is 6.29 Å². The third kappa shape index (κ3) is 8.39. The molecule has 0 saturated heterocycles. The molecule has 1 radical (unpaired) electrons. The Morgan fingerprint density at radius 3 is 2.67 bits per heavy atom. The highest BCUT2D eigenvalue weighted by Crippen LogP contribution is 2.02. The number of rotatable bonds is 9. The molecular formula is C11H21O4. The maximum Gasteiger partial charge on any atom is 0.308 e. The molecule has 0 saturated carbocycles. The lowest BCUT2D eigenvalue weighted by atomic mass is 10.2. The highest BCUT2D eigenvalue weighted by Gasteiger charge is 2.13. The van der Waals surface area contributed by atoms with Crippen LogP contribution in [0.25, 0.3) is 0 Å². The van der Waals surface area contributed by atoms with Crippen molar-refractivity contribution >= 4 is 5.97 Å². The van der Waals surface area contributed by atoms with E-state index in [4.69, 9.17) is 14.2 Å². The topological polar surface area (TPSA) is 44.8 Å². The van der Waals surface area contributed by atoms with Crippen molar-refractivity contribution in [3.05, 3.63) is 6.92 Å². The molecule has 15 heavy (non-hydrogen) atoms. The lowest BCUT2D eigenvalue weighted by Gasteiger charge is -2.17. The molecule has 0 amide bonds. The standard InChI is InChI=1S/C11H21O4/c1-4-7-8-10(12)15-11(14-6-3)9-13-5-2/h11H,2,4-9H2,1,3H3. The summed E-state index contributed by atoms with van der Waals surface area (Å²) in [5, 5.41) is 0. The van der Waals surface area contributed by atoms with Crippen molar-refractivity contribution in [2.45, 2.75) is 39.4 Å². The summed E-state index contributed by atoms with van der Waals surface area (Å²) < 4.78 is 15.3. The predicted molar refractivity (Wildman–Crippen MR) is 57.2 cm³/mol. The third-order valence-electron chi connectivity index (χ3n) is 1.75. The summed E-state index contributed by atoms with van der Waals surface area (Å²) in [5.41, 5.74) is 0. The number of hydrogen-bond donors (Lipinski definition) is 0.